The van der Waals surface area contributed by atoms with Gasteiger partial charge in [-0.1, -0.05) is 23.6 Å². The highest BCUT2D eigenvalue weighted by Gasteiger charge is 2.06. The highest BCUT2D eigenvalue weighted by atomic mass is 35.5. The SMILES string of the molecule is C#CCOc1cccc(Cl)c1CNC. The zero-order chi connectivity index (χ0) is 10.4. The van der Waals surface area contributed by atoms with Crippen LogP contribution in [0.4, 0.5) is 0 Å². The fourth-order valence-corrected chi connectivity index (χ4v) is 1.37. The fourth-order valence-electron chi connectivity index (χ4n) is 1.14. The minimum absolute atomic E-state index is 0.261. The first-order valence-corrected chi connectivity index (χ1v) is 4.65. The van der Waals surface area contributed by atoms with Crippen LogP contribution in [0, 0.1) is 12.3 Å². The number of hydrogen-bond acceptors (Lipinski definition) is 2. The van der Waals surface area contributed by atoms with Crippen LogP contribution in [0.25, 0.3) is 0 Å². The molecule has 0 saturated heterocycles. The zero-order valence-corrected chi connectivity index (χ0v) is 8.77. The van der Waals surface area contributed by atoms with Crippen LogP contribution in [0.2, 0.25) is 5.02 Å². The summed E-state index contributed by atoms with van der Waals surface area (Å²) >= 11 is 6.02. The molecule has 0 aliphatic carbocycles. The van der Waals surface area contributed by atoms with Gasteiger partial charge in [-0.3, -0.25) is 0 Å². The van der Waals surface area contributed by atoms with E-state index in [1.807, 2.05) is 25.2 Å². The van der Waals surface area contributed by atoms with Gasteiger partial charge < -0.3 is 10.1 Å². The molecule has 1 rings (SSSR count). The lowest BCUT2D eigenvalue weighted by Crippen LogP contribution is -2.08. The lowest BCUT2D eigenvalue weighted by atomic mass is 10.2. The quantitative estimate of drug-likeness (QED) is 0.767. The van der Waals surface area contributed by atoms with Crippen LogP contribution in [-0.2, 0) is 6.54 Å². The average molecular weight is 210 g/mol. The summed E-state index contributed by atoms with van der Waals surface area (Å²) in [4.78, 5) is 0. The van der Waals surface area contributed by atoms with E-state index < -0.39 is 0 Å². The molecule has 0 spiro atoms. The van der Waals surface area contributed by atoms with Crippen LogP contribution < -0.4 is 10.1 Å². The first-order chi connectivity index (χ1) is 6.79. The first kappa shape index (κ1) is 10.9. The lowest BCUT2D eigenvalue weighted by molar-refractivity contribution is 0.365. The normalized spacial score (nSPS) is 9.50. The molecule has 0 unspecified atom stereocenters. The smallest absolute Gasteiger partial charge is 0.148 e. The van der Waals surface area contributed by atoms with Crippen molar-refractivity contribution in [2.75, 3.05) is 13.7 Å². The van der Waals surface area contributed by atoms with Crippen molar-refractivity contribution in [3.8, 4) is 18.1 Å². The summed E-state index contributed by atoms with van der Waals surface area (Å²) in [5, 5.41) is 3.71. The van der Waals surface area contributed by atoms with Crippen molar-refractivity contribution in [1.82, 2.24) is 5.32 Å². The number of halogens is 1. The van der Waals surface area contributed by atoms with E-state index in [4.69, 9.17) is 22.8 Å². The van der Waals surface area contributed by atoms with E-state index in [2.05, 4.69) is 11.2 Å². The van der Waals surface area contributed by atoms with Gasteiger partial charge in [0.25, 0.3) is 0 Å². The zero-order valence-electron chi connectivity index (χ0n) is 8.01. The van der Waals surface area contributed by atoms with Gasteiger partial charge in [0.2, 0.25) is 0 Å². The molecule has 0 fully saturated rings. The van der Waals surface area contributed by atoms with Gasteiger partial charge in [-0.25, -0.2) is 0 Å². The number of rotatable bonds is 4. The van der Waals surface area contributed by atoms with E-state index in [9.17, 15) is 0 Å². The maximum atomic E-state index is 6.02. The molecular weight excluding hydrogens is 198 g/mol. The van der Waals surface area contributed by atoms with E-state index in [0.29, 0.717) is 11.6 Å². The predicted octanol–water partition coefficient (Wildman–Crippen LogP) is 2.07. The summed E-state index contributed by atoms with van der Waals surface area (Å²) in [5.74, 6) is 3.16. The second-order valence-corrected chi connectivity index (χ2v) is 3.15. The molecular formula is C11H12ClNO. The number of terminal acetylenes is 1. The van der Waals surface area contributed by atoms with Gasteiger partial charge in [-0.2, -0.15) is 0 Å². The van der Waals surface area contributed by atoms with Gasteiger partial charge >= 0.3 is 0 Å². The van der Waals surface area contributed by atoms with Crippen molar-refractivity contribution < 1.29 is 4.74 Å². The number of ether oxygens (including phenoxy) is 1. The summed E-state index contributed by atoms with van der Waals surface area (Å²) in [6.45, 7) is 0.927. The van der Waals surface area contributed by atoms with Gasteiger partial charge in [0.15, 0.2) is 0 Å². The van der Waals surface area contributed by atoms with E-state index in [0.717, 1.165) is 11.3 Å². The summed E-state index contributed by atoms with van der Waals surface area (Å²) < 4.78 is 5.36. The molecule has 0 atom stereocenters. The van der Waals surface area contributed by atoms with E-state index in [1.54, 1.807) is 0 Å². The predicted molar refractivity (Wildman–Crippen MR) is 58.5 cm³/mol. The topological polar surface area (TPSA) is 21.3 Å². The van der Waals surface area contributed by atoms with Crippen molar-refractivity contribution >= 4 is 11.6 Å². The molecule has 0 amide bonds. The van der Waals surface area contributed by atoms with Crippen LogP contribution in [0.1, 0.15) is 5.56 Å². The van der Waals surface area contributed by atoms with Crippen molar-refractivity contribution in [1.29, 1.82) is 0 Å². The molecule has 0 aliphatic heterocycles. The average Bonchev–Trinajstić information content (AvgIpc) is 2.19. The molecule has 74 valence electrons. The Hall–Kier alpha value is -1.17. The maximum Gasteiger partial charge on any atom is 0.148 e. The monoisotopic (exact) mass is 209 g/mol. The second kappa shape index (κ2) is 5.54. The Balaban J connectivity index is 2.90. The third-order valence-corrected chi connectivity index (χ3v) is 2.09. The van der Waals surface area contributed by atoms with Crippen molar-refractivity contribution in [3.63, 3.8) is 0 Å². The Bertz CT molecular complexity index is 344. The number of nitrogens with one attached hydrogen (secondary N) is 1. The van der Waals surface area contributed by atoms with Crippen LogP contribution >= 0.6 is 11.6 Å². The minimum atomic E-state index is 0.261. The molecule has 0 aliphatic rings. The molecule has 0 saturated carbocycles. The molecule has 2 nitrogen and oxygen atoms in total. The summed E-state index contributed by atoms with van der Waals surface area (Å²) in [6.07, 6.45) is 5.11. The third-order valence-electron chi connectivity index (χ3n) is 1.74. The molecule has 14 heavy (non-hydrogen) atoms. The molecule has 0 heterocycles. The van der Waals surface area contributed by atoms with Crippen molar-refractivity contribution in [3.05, 3.63) is 28.8 Å². The highest BCUT2D eigenvalue weighted by Crippen LogP contribution is 2.25. The van der Waals surface area contributed by atoms with Gasteiger partial charge in [-0.15, -0.1) is 6.42 Å². The minimum Gasteiger partial charge on any atom is -0.481 e. The Morgan fingerprint density at radius 1 is 1.57 bits per heavy atom. The highest BCUT2D eigenvalue weighted by molar-refractivity contribution is 6.31. The van der Waals surface area contributed by atoms with E-state index >= 15 is 0 Å². The van der Waals surface area contributed by atoms with Gasteiger partial charge in [0, 0.05) is 17.1 Å². The molecule has 1 aromatic rings. The standard InChI is InChI=1S/C11H12ClNO/c1-3-7-14-11-6-4-5-10(12)9(11)8-13-2/h1,4-6,13H,7-8H2,2H3. The van der Waals surface area contributed by atoms with Crippen LogP contribution in [0.5, 0.6) is 5.75 Å². The molecule has 0 bridgehead atoms. The van der Waals surface area contributed by atoms with E-state index in [1.165, 1.54) is 0 Å². The summed E-state index contributed by atoms with van der Waals surface area (Å²) in [5.41, 5.74) is 0.937. The summed E-state index contributed by atoms with van der Waals surface area (Å²) in [6, 6.07) is 5.53. The largest absolute Gasteiger partial charge is 0.481 e. The Morgan fingerprint density at radius 3 is 3.00 bits per heavy atom. The Kier molecular flexibility index (Phi) is 4.31. The molecule has 1 aromatic carbocycles. The van der Waals surface area contributed by atoms with Crippen LogP contribution in [0.3, 0.4) is 0 Å². The molecule has 0 aromatic heterocycles. The lowest BCUT2D eigenvalue weighted by Gasteiger charge is -2.10. The van der Waals surface area contributed by atoms with Gasteiger partial charge in [0.1, 0.15) is 12.4 Å². The van der Waals surface area contributed by atoms with E-state index in [-0.39, 0.29) is 6.61 Å². The molecule has 1 N–H and O–H groups in total. The van der Waals surface area contributed by atoms with Crippen LogP contribution in [0.15, 0.2) is 18.2 Å². The number of benzene rings is 1. The van der Waals surface area contributed by atoms with Gasteiger partial charge in [0.05, 0.1) is 0 Å². The van der Waals surface area contributed by atoms with Crippen LogP contribution in [-0.4, -0.2) is 13.7 Å². The molecule has 3 heteroatoms. The number of hydrogen-bond donors (Lipinski definition) is 1. The Labute approximate surface area is 89.2 Å². The Morgan fingerprint density at radius 2 is 2.36 bits per heavy atom. The fraction of sp³-hybridized carbons (Fsp3) is 0.273. The van der Waals surface area contributed by atoms with Crippen molar-refractivity contribution in [2.24, 2.45) is 0 Å². The maximum absolute atomic E-state index is 6.02. The third kappa shape index (κ3) is 2.66. The summed E-state index contributed by atoms with van der Waals surface area (Å²) in [7, 11) is 1.86. The second-order valence-electron chi connectivity index (χ2n) is 2.74. The van der Waals surface area contributed by atoms with Gasteiger partial charge in [-0.05, 0) is 19.2 Å². The molecule has 0 radical (unpaired) electrons. The van der Waals surface area contributed by atoms with Crippen molar-refractivity contribution in [2.45, 2.75) is 6.54 Å². The first-order valence-electron chi connectivity index (χ1n) is 4.28.